The Balaban J connectivity index is 2.06. The van der Waals surface area contributed by atoms with Crippen LogP contribution in [0.5, 0.6) is 0 Å². The van der Waals surface area contributed by atoms with Gasteiger partial charge in [0, 0.05) is 23.2 Å². The van der Waals surface area contributed by atoms with Gasteiger partial charge >= 0.3 is 0 Å². The highest BCUT2D eigenvalue weighted by Crippen LogP contribution is 2.27. The molecule has 0 aliphatic rings. The van der Waals surface area contributed by atoms with Crippen molar-refractivity contribution >= 4 is 26.6 Å². The van der Waals surface area contributed by atoms with E-state index in [1.54, 1.807) is 0 Å². The first-order chi connectivity index (χ1) is 10.8. The van der Waals surface area contributed by atoms with Gasteiger partial charge in [-0.05, 0) is 36.8 Å². The SMILES string of the molecule is Cc1cc(NS(=O)(=O)c2c[nH]c3cc(F)ccc23)c(F)cc1F. The largest absolute Gasteiger partial charge is 0.360 e. The molecule has 23 heavy (non-hydrogen) atoms. The number of aromatic nitrogens is 1. The molecule has 2 aromatic carbocycles. The number of fused-ring (bicyclic) bond motifs is 1. The molecule has 0 amide bonds. The predicted octanol–water partition coefficient (Wildman–Crippen LogP) is 3.69. The molecular formula is C15H11F3N2O2S. The molecule has 0 spiro atoms. The molecule has 0 saturated carbocycles. The molecular weight excluding hydrogens is 329 g/mol. The minimum absolute atomic E-state index is 0.102. The normalized spacial score (nSPS) is 11.8. The van der Waals surface area contributed by atoms with E-state index in [-0.39, 0.29) is 21.5 Å². The van der Waals surface area contributed by atoms with Crippen molar-refractivity contribution in [3.05, 3.63) is 59.5 Å². The smallest absolute Gasteiger partial charge is 0.264 e. The number of nitrogens with one attached hydrogen (secondary N) is 2. The first-order valence-electron chi connectivity index (χ1n) is 6.53. The van der Waals surface area contributed by atoms with E-state index < -0.39 is 27.5 Å². The molecule has 4 nitrogen and oxygen atoms in total. The molecule has 0 radical (unpaired) electrons. The van der Waals surface area contributed by atoms with Crippen molar-refractivity contribution in [2.45, 2.75) is 11.8 Å². The Kier molecular flexibility index (Phi) is 3.56. The Morgan fingerprint density at radius 2 is 1.78 bits per heavy atom. The zero-order chi connectivity index (χ0) is 16.8. The van der Waals surface area contributed by atoms with Crippen molar-refractivity contribution in [1.82, 2.24) is 4.98 Å². The van der Waals surface area contributed by atoms with E-state index in [0.717, 1.165) is 18.2 Å². The van der Waals surface area contributed by atoms with Crippen LogP contribution >= 0.6 is 0 Å². The van der Waals surface area contributed by atoms with E-state index in [2.05, 4.69) is 9.71 Å². The number of hydrogen-bond donors (Lipinski definition) is 2. The van der Waals surface area contributed by atoms with Gasteiger partial charge in [0.2, 0.25) is 0 Å². The first-order valence-corrected chi connectivity index (χ1v) is 8.01. The number of sulfonamides is 1. The van der Waals surface area contributed by atoms with Crippen molar-refractivity contribution in [3.63, 3.8) is 0 Å². The van der Waals surface area contributed by atoms with E-state index in [0.29, 0.717) is 11.6 Å². The summed E-state index contributed by atoms with van der Waals surface area (Å²) in [6.07, 6.45) is 1.18. The summed E-state index contributed by atoms with van der Waals surface area (Å²) in [5, 5.41) is 0.262. The van der Waals surface area contributed by atoms with Gasteiger partial charge in [-0.25, -0.2) is 21.6 Å². The third-order valence-corrected chi connectivity index (χ3v) is 4.79. The number of hydrogen-bond acceptors (Lipinski definition) is 2. The number of anilines is 1. The zero-order valence-electron chi connectivity index (χ0n) is 11.8. The fraction of sp³-hybridized carbons (Fsp3) is 0.0667. The predicted molar refractivity (Wildman–Crippen MR) is 80.2 cm³/mol. The lowest BCUT2D eigenvalue weighted by molar-refractivity contribution is 0.578. The topological polar surface area (TPSA) is 62.0 Å². The van der Waals surface area contributed by atoms with Crippen molar-refractivity contribution in [2.75, 3.05) is 4.72 Å². The third kappa shape index (κ3) is 2.77. The van der Waals surface area contributed by atoms with Crippen LogP contribution in [0.1, 0.15) is 5.56 Å². The average molecular weight is 340 g/mol. The molecule has 1 aromatic heterocycles. The second-order valence-electron chi connectivity index (χ2n) is 5.03. The molecule has 0 atom stereocenters. The minimum atomic E-state index is -4.13. The average Bonchev–Trinajstić information content (AvgIpc) is 2.88. The van der Waals surface area contributed by atoms with Gasteiger partial charge in [0.15, 0.2) is 0 Å². The van der Waals surface area contributed by atoms with Crippen LogP contribution < -0.4 is 4.72 Å². The molecule has 120 valence electrons. The maximum absolute atomic E-state index is 13.7. The number of benzene rings is 2. The summed E-state index contributed by atoms with van der Waals surface area (Å²) in [7, 11) is -4.13. The molecule has 3 aromatic rings. The van der Waals surface area contributed by atoms with Crippen molar-refractivity contribution in [1.29, 1.82) is 0 Å². The van der Waals surface area contributed by atoms with Crippen LogP contribution in [0.15, 0.2) is 41.4 Å². The van der Waals surface area contributed by atoms with Crippen LogP contribution in [-0.4, -0.2) is 13.4 Å². The van der Waals surface area contributed by atoms with Gasteiger partial charge in [0.25, 0.3) is 10.0 Å². The molecule has 8 heteroatoms. The summed E-state index contributed by atoms with van der Waals surface area (Å²) >= 11 is 0. The molecule has 0 unspecified atom stereocenters. The highest BCUT2D eigenvalue weighted by atomic mass is 32.2. The summed E-state index contributed by atoms with van der Waals surface area (Å²) in [5.74, 6) is -2.31. The lowest BCUT2D eigenvalue weighted by Gasteiger charge is -2.09. The Hall–Kier alpha value is -2.48. The lowest BCUT2D eigenvalue weighted by Crippen LogP contribution is -2.14. The zero-order valence-corrected chi connectivity index (χ0v) is 12.6. The number of rotatable bonds is 3. The summed E-state index contributed by atoms with van der Waals surface area (Å²) in [6.45, 7) is 1.39. The van der Waals surface area contributed by atoms with Crippen LogP contribution in [-0.2, 0) is 10.0 Å². The monoisotopic (exact) mass is 340 g/mol. The summed E-state index contributed by atoms with van der Waals surface area (Å²) in [4.78, 5) is 2.48. The fourth-order valence-electron chi connectivity index (χ4n) is 2.23. The van der Waals surface area contributed by atoms with Gasteiger partial charge in [-0.3, -0.25) is 4.72 Å². The Morgan fingerprint density at radius 1 is 1.04 bits per heavy atom. The van der Waals surface area contributed by atoms with Crippen LogP contribution in [0.2, 0.25) is 0 Å². The van der Waals surface area contributed by atoms with E-state index in [1.165, 1.54) is 19.2 Å². The van der Waals surface area contributed by atoms with Crippen LogP contribution in [0.4, 0.5) is 18.9 Å². The second-order valence-corrected chi connectivity index (χ2v) is 6.68. The number of aryl methyl sites for hydroxylation is 1. The fourth-order valence-corrected chi connectivity index (χ4v) is 3.47. The number of halogens is 3. The standard InChI is InChI=1S/C15H11F3N2O2S/c1-8-4-14(12(18)6-11(8)17)20-23(21,22)15-7-19-13-5-9(16)2-3-10(13)15/h2-7,19-20H,1H3. The van der Waals surface area contributed by atoms with E-state index >= 15 is 0 Å². The second kappa shape index (κ2) is 5.31. The number of H-pyrrole nitrogens is 1. The van der Waals surface area contributed by atoms with Crippen molar-refractivity contribution in [2.24, 2.45) is 0 Å². The molecule has 0 fully saturated rings. The molecule has 1 heterocycles. The summed E-state index contributed by atoms with van der Waals surface area (Å²) < 4.78 is 67.1. The summed E-state index contributed by atoms with van der Waals surface area (Å²) in [5.41, 5.74) is 0.0339. The third-order valence-electron chi connectivity index (χ3n) is 3.39. The van der Waals surface area contributed by atoms with E-state index in [4.69, 9.17) is 0 Å². The van der Waals surface area contributed by atoms with Gasteiger partial charge in [0.05, 0.1) is 5.69 Å². The molecule has 3 rings (SSSR count). The Labute approximate surface area is 130 Å². The molecule has 0 aliphatic heterocycles. The quantitative estimate of drug-likeness (QED) is 0.764. The minimum Gasteiger partial charge on any atom is -0.360 e. The maximum atomic E-state index is 13.7. The van der Waals surface area contributed by atoms with Crippen LogP contribution in [0.25, 0.3) is 10.9 Å². The Bertz CT molecular complexity index is 1010. The van der Waals surface area contributed by atoms with E-state index in [9.17, 15) is 21.6 Å². The first kappa shape index (κ1) is 15.4. The van der Waals surface area contributed by atoms with Gasteiger partial charge in [0.1, 0.15) is 22.3 Å². The van der Waals surface area contributed by atoms with Crippen LogP contribution in [0.3, 0.4) is 0 Å². The molecule has 0 saturated heterocycles. The van der Waals surface area contributed by atoms with Gasteiger partial charge in [-0.15, -0.1) is 0 Å². The van der Waals surface area contributed by atoms with Gasteiger partial charge in [-0.1, -0.05) is 0 Å². The van der Waals surface area contributed by atoms with Gasteiger partial charge in [-0.2, -0.15) is 0 Å². The van der Waals surface area contributed by atoms with Crippen molar-refractivity contribution in [3.8, 4) is 0 Å². The highest BCUT2D eigenvalue weighted by Gasteiger charge is 2.21. The van der Waals surface area contributed by atoms with Gasteiger partial charge < -0.3 is 4.98 Å². The Morgan fingerprint density at radius 3 is 2.52 bits per heavy atom. The lowest BCUT2D eigenvalue weighted by atomic mass is 10.2. The number of aromatic amines is 1. The highest BCUT2D eigenvalue weighted by molar-refractivity contribution is 7.93. The molecule has 0 bridgehead atoms. The maximum Gasteiger partial charge on any atom is 0.264 e. The molecule has 2 N–H and O–H groups in total. The van der Waals surface area contributed by atoms with Crippen LogP contribution in [0, 0.1) is 24.4 Å². The molecule has 0 aliphatic carbocycles. The van der Waals surface area contributed by atoms with Crippen molar-refractivity contribution < 1.29 is 21.6 Å². The van der Waals surface area contributed by atoms with E-state index in [1.807, 2.05) is 0 Å². The summed E-state index contributed by atoms with van der Waals surface area (Å²) in [6, 6.07) is 5.26.